The Morgan fingerprint density at radius 1 is 1.18 bits per heavy atom. The third-order valence-electron chi connectivity index (χ3n) is 3.19. The van der Waals surface area contributed by atoms with Crippen LogP contribution in [0.1, 0.15) is 23.9 Å². The van der Waals surface area contributed by atoms with E-state index >= 15 is 0 Å². The number of nitrogens with one attached hydrogen (secondary N) is 2. The Labute approximate surface area is 130 Å². The Bertz CT molecular complexity index is 682. The Balaban J connectivity index is 1.90. The minimum absolute atomic E-state index is 0.202. The minimum Gasteiger partial charge on any atom is -0.374 e. The summed E-state index contributed by atoms with van der Waals surface area (Å²) < 4.78 is 0. The molecule has 5 heteroatoms. The summed E-state index contributed by atoms with van der Waals surface area (Å²) in [5, 5.41) is 7.11. The zero-order chi connectivity index (χ0) is 15.9. The van der Waals surface area contributed by atoms with Crippen molar-refractivity contribution in [2.75, 3.05) is 5.32 Å². The van der Waals surface area contributed by atoms with E-state index in [2.05, 4.69) is 20.8 Å². The van der Waals surface area contributed by atoms with Crippen LogP contribution in [-0.4, -0.2) is 23.1 Å². The molecule has 0 aliphatic carbocycles. The molecule has 1 unspecified atom stereocenters. The lowest BCUT2D eigenvalue weighted by molar-refractivity contribution is -0.121. The van der Waals surface area contributed by atoms with Gasteiger partial charge in [-0.25, -0.2) is 5.43 Å². The highest BCUT2D eigenvalue weighted by Gasteiger charge is 2.12. The number of para-hydroxylation sites is 1. The van der Waals surface area contributed by atoms with E-state index in [1.54, 1.807) is 6.92 Å². The molecule has 0 spiro atoms. The summed E-state index contributed by atoms with van der Waals surface area (Å²) in [6, 6.07) is 13.1. The highest BCUT2D eigenvalue weighted by Crippen LogP contribution is 2.14. The van der Waals surface area contributed by atoms with Crippen molar-refractivity contribution in [2.24, 2.45) is 5.10 Å². The van der Waals surface area contributed by atoms with E-state index in [1.165, 1.54) is 6.21 Å². The zero-order valence-corrected chi connectivity index (χ0v) is 13.0. The molecule has 0 saturated carbocycles. The van der Waals surface area contributed by atoms with Crippen LogP contribution in [0.25, 0.3) is 0 Å². The summed E-state index contributed by atoms with van der Waals surface area (Å²) in [6.07, 6.45) is 1.53. The van der Waals surface area contributed by atoms with E-state index in [-0.39, 0.29) is 11.9 Å². The molecular formula is C17H20N4O. The van der Waals surface area contributed by atoms with Crippen LogP contribution >= 0.6 is 0 Å². The second-order valence-corrected chi connectivity index (χ2v) is 5.12. The number of aryl methyl sites for hydroxylation is 2. The summed E-state index contributed by atoms with van der Waals surface area (Å²) in [5.41, 5.74) is 6.17. The van der Waals surface area contributed by atoms with E-state index in [4.69, 9.17) is 0 Å². The average molecular weight is 296 g/mol. The van der Waals surface area contributed by atoms with Gasteiger partial charge in [-0.05, 0) is 44.5 Å². The lowest BCUT2D eigenvalue weighted by Gasteiger charge is -2.15. The number of anilines is 1. The smallest absolute Gasteiger partial charge is 0.262 e. The number of carbonyl (C=O) groups excluding carboxylic acids is 1. The highest BCUT2D eigenvalue weighted by molar-refractivity contribution is 5.86. The van der Waals surface area contributed by atoms with Crippen LogP contribution in [0.5, 0.6) is 0 Å². The summed E-state index contributed by atoms with van der Waals surface area (Å²) >= 11 is 0. The van der Waals surface area contributed by atoms with Gasteiger partial charge in [-0.15, -0.1) is 0 Å². The van der Waals surface area contributed by atoms with Crippen LogP contribution in [0.3, 0.4) is 0 Å². The molecule has 2 aromatic rings. The molecule has 1 atom stereocenters. The number of hydrogen-bond donors (Lipinski definition) is 2. The normalized spacial score (nSPS) is 12.1. The first kappa shape index (κ1) is 15.7. The second kappa shape index (κ2) is 7.36. The summed E-state index contributed by atoms with van der Waals surface area (Å²) in [6.45, 7) is 5.70. The topological polar surface area (TPSA) is 66.4 Å². The number of rotatable bonds is 5. The molecule has 1 heterocycles. The molecule has 1 aromatic heterocycles. The number of benzene rings is 1. The first-order valence-electron chi connectivity index (χ1n) is 7.15. The number of aromatic nitrogens is 1. The van der Waals surface area contributed by atoms with Gasteiger partial charge in [-0.1, -0.05) is 24.3 Å². The predicted molar refractivity (Wildman–Crippen MR) is 89.0 cm³/mol. The van der Waals surface area contributed by atoms with E-state index in [9.17, 15) is 4.79 Å². The van der Waals surface area contributed by atoms with Crippen molar-refractivity contribution in [1.82, 2.24) is 10.4 Å². The number of hydrogen-bond acceptors (Lipinski definition) is 4. The average Bonchev–Trinajstić information content (AvgIpc) is 2.49. The number of carbonyl (C=O) groups is 1. The molecule has 2 N–H and O–H groups in total. The summed E-state index contributed by atoms with van der Waals surface area (Å²) in [7, 11) is 0. The number of nitrogens with zero attached hydrogens (tertiary/aromatic N) is 2. The van der Waals surface area contributed by atoms with Crippen LogP contribution in [0.4, 0.5) is 5.69 Å². The van der Waals surface area contributed by atoms with Crippen molar-refractivity contribution >= 4 is 17.8 Å². The van der Waals surface area contributed by atoms with Crippen molar-refractivity contribution in [2.45, 2.75) is 26.8 Å². The van der Waals surface area contributed by atoms with Gasteiger partial charge in [0, 0.05) is 11.4 Å². The molecule has 1 amide bonds. The Morgan fingerprint density at radius 2 is 1.95 bits per heavy atom. The third-order valence-corrected chi connectivity index (χ3v) is 3.19. The van der Waals surface area contributed by atoms with Crippen LogP contribution in [0.15, 0.2) is 47.6 Å². The maximum atomic E-state index is 12.0. The molecule has 0 aliphatic rings. The maximum absolute atomic E-state index is 12.0. The van der Waals surface area contributed by atoms with Crippen molar-refractivity contribution in [3.8, 4) is 0 Å². The van der Waals surface area contributed by atoms with Crippen molar-refractivity contribution in [3.63, 3.8) is 0 Å². The zero-order valence-electron chi connectivity index (χ0n) is 13.0. The van der Waals surface area contributed by atoms with Gasteiger partial charge in [0.15, 0.2) is 0 Å². The molecule has 0 radical (unpaired) electrons. The summed E-state index contributed by atoms with van der Waals surface area (Å²) in [4.78, 5) is 16.3. The maximum Gasteiger partial charge on any atom is 0.262 e. The monoisotopic (exact) mass is 296 g/mol. The molecular weight excluding hydrogens is 276 g/mol. The predicted octanol–water partition coefficient (Wildman–Crippen LogP) is 2.65. The van der Waals surface area contributed by atoms with Crippen molar-refractivity contribution in [1.29, 1.82) is 0 Å². The molecule has 0 aliphatic heterocycles. The number of pyridine rings is 1. The first-order valence-corrected chi connectivity index (χ1v) is 7.15. The lowest BCUT2D eigenvalue weighted by Crippen LogP contribution is -2.35. The van der Waals surface area contributed by atoms with Gasteiger partial charge in [0.05, 0.1) is 11.9 Å². The van der Waals surface area contributed by atoms with E-state index in [0.29, 0.717) is 5.69 Å². The van der Waals surface area contributed by atoms with Gasteiger partial charge in [0.1, 0.15) is 6.04 Å². The molecule has 2 rings (SSSR count). The molecule has 0 fully saturated rings. The summed E-state index contributed by atoms with van der Waals surface area (Å²) in [5.74, 6) is -0.202. The fraction of sp³-hybridized carbons (Fsp3) is 0.235. The van der Waals surface area contributed by atoms with E-state index < -0.39 is 0 Å². The molecule has 0 bridgehead atoms. The van der Waals surface area contributed by atoms with Gasteiger partial charge in [-0.2, -0.15) is 5.10 Å². The number of hydrazone groups is 1. The fourth-order valence-electron chi connectivity index (χ4n) is 1.93. The quantitative estimate of drug-likeness (QED) is 0.658. The van der Waals surface area contributed by atoms with Gasteiger partial charge in [0.25, 0.3) is 5.91 Å². The Kier molecular flexibility index (Phi) is 5.25. The van der Waals surface area contributed by atoms with Crippen LogP contribution in [0.2, 0.25) is 0 Å². The van der Waals surface area contributed by atoms with Gasteiger partial charge in [-0.3, -0.25) is 9.78 Å². The standard InChI is InChI=1S/C17H20N4O/c1-12-7-4-5-10-16(12)20-14(3)17(22)21-18-11-15-9-6-8-13(2)19-15/h4-11,14,20H,1-3H3,(H,21,22). The molecule has 114 valence electrons. The molecule has 0 saturated heterocycles. The van der Waals surface area contributed by atoms with Crippen LogP contribution in [-0.2, 0) is 4.79 Å². The Hall–Kier alpha value is -2.69. The minimum atomic E-state index is -0.385. The SMILES string of the molecule is Cc1cccc(C=NNC(=O)C(C)Nc2ccccc2C)n1. The van der Waals surface area contributed by atoms with Gasteiger partial charge >= 0.3 is 0 Å². The van der Waals surface area contributed by atoms with Crippen molar-refractivity contribution in [3.05, 3.63) is 59.4 Å². The second-order valence-electron chi connectivity index (χ2n) is 5.12. The first-order chi connectivity index (χ1) is 10.6. The largest absolute Gasteiger partial charge is 0.374 e. The van der Waals surface area contributed by atoms with Gasteiger partial charge < -0.3 is 5.32 Å². The highest BCUT2D eigenvalue weighted by atomic mass is 16.2. The van der Waals surface area contributed by atoms with Crippen molar-refractivity contribution < 1.29 is 4.79 Å². The van der Waals surface area contributed by atoms with Crippen LogP contribution in [0, 0.1) is 13.8 Å². The number of amides is 1. The Morgan fingerprint density at radius 3 is 2.68 bits per heavy atom. The molecule has 22 heavy (non-hydrogen) atoms. The molecule has 1 aromatic carbocycles. The van der Waals surface area contributed by atoms with E-state index in [0.717, 1.165) is 16.9 Å². The fourth-order valence-corrected chi connectivity index (χ4v) is 1.93. The molecule has 5 nitrogen and oxygen atoms in total. The van der Waals surface area contributed by atoms with E-state index in [1.807, 2.05) is 56.3 Å². The lowest BCUT2D eigenvalue weighted by atomic mass is 10.2. The van der Waals surface area contributed by atoms with Crippen LogP contribution < -0.4 is 10.7 Å². The van der Waals surface area contributed by atoms with Gasteiger partial charge in [0.2, 0.25) is 0 Å². The third kappa shape index (κ3) is 4.41.